The summed E-state index contributed by atoms with van der Waals surface area (Å²) in [6.45, 7) is 0.787. The number of nitrogens with zero attached hydrogens (tertiary/aromatic N) is 3. The minimum Gasteiger partial charge on any atom is -0.497 e. The van der Waals surface area contributed by atoms with E-state index in [0.29, 0.717) is 6.42 Å². The number of likely N-dealkylation sites (tertiary alicyclic amines) is 1. The molecule has 1 atom stereocenters. The number of para-hydroxylation sites is 1. The first-order valence-electron chi connectivity index (χ1n) is 9.95. The summed E-state index contributed by atoms with van der Waals surface area (Å²) in [5, 5.41) is 3.95. The molecule has 0 spiro atoms. The summed E-state index contributed by atoms with van der Waals surface area (Å²) in [5.74, 6) is 0.948. The normalized spacial score (nSPS) is 16.3. The van der Waals surface area contributed by atoms with E-state index in [1.165, 1.54) is 4.70 Å². The number of benzene rings is 2. The van der Waals surface area contributed by atoms with Gasteiger partial charge in [0.2, 0.25) is 5.91 Å². The van der Waals surface area contributed by atoms with E-state index in [1.807, 2.05) is 52.7 Å². The Hall–Kier alpha value is -2.77. The molecule has 1 amide bonds. The number of methoxy groups -OCH3 is 1. The van der Waals surface area contributed by atoms with Gasteiger partial charge in [-0.25, -0.2) is 9.97 Å². The van der Waals surface area contributed by atoms with Gasteiger partial charge in [0, 0.05) is 17.5 Å². The lowest BCUT2D eigenvalue weighted by molar-refractivity contribution is -0.131. The molecule has 30 heavy (non-hydrogen) atoms. The molecule has 0 bridgehead atoms. The van der Waals surface area contributed by atoms with E-state index in [9.17, 15) is 4.79 Å². The van der Waals surface area contributed by atoms with Crippen molar-refractivity contribution in [1.29, 1.82) is 0 Å². The average Bonchev–Trinajstić information content (AvgIpc) is 3.52. The molecule has 5 nitrogen and oxygen atoms in total. The van der Waals surface area contributed by atoms with Crippen molar-refractivity contribution in [2.75, 3.05) is 13.7 Å². The molecule has 4 aromatic rings. The van der Waals surface area contributed by atoms with Crippen molar-refractivity contribution in [3.05, 3.63) is 64.6 Å². The second kappa shape index (κ2) is 8.16. The average molecular weight is 436 g/mol. The molecule has 0 unspecified atom stereocenters. The van der Waals surface area contributed by atoms with Crippen molar-refractivity contribution >= 4 is 38.8 Å². The number of carbonyl (C=O) groups is 1. The van der Waals surface area contributed by atoms with Crippen molar-refractivity contribution in [3.8, 4) is 16.3 Å². The summed E-state index contributed by atoms with van der Waals surface area (Å²) in [4.78, 5) is 24.6. The van der Waals surface area contributed by atoms with E-state index in [0.717, 1.165) is 51.9 Å². The van der Waals surface area contributed by atoms with Gasteiger partial charge in [0.1, 0.15) is 15.8 Å². The highest BCUT2D eigenvalue weighted by atomic mass is 32.1. The second-order valence-corrected chi connectivity index (χ2v) is 9.23. The quantitative estimate of drug-likeness (QED) is 0.425. The Morgan fingerprint density at radius 1 is 1.17 bits per heavy atom. The maximum atomic E-state index is 13.1. The zero-order valence-electron chi connectivity index (χ0n) is 16.6. The third-order valence-electron chi connectivity index (χ3n) is 5.39. The molecule has 5 rings (SSSR count). The van der Waals surface area contributed by atoms with Gasteiger partial charge in [-0.3, -0.25) is 4.79 Å². The molecule has 7 heteroatoms. The summed E-state index contributed by atoms with van der Waals surface area (Å²) in [6.07, 6.45) is 2.31. The van der Waals surface area contributed by atoms with Crippen LogP contribution in [0.1, 0.15) is 29.6 Å². The number of ether oxygens (including phenoxy) is 1. The van der Waals surface area contributed by atoms with E-state index in [-0.39, 0.29) is 11.9 Å². The van der Waals surface area contributed by atoms with Gasteiger partial charge in [0.05, 0.1) is 35.5 Å². The lowest BCUT2D eigenvalue weighted by Gasteiger charge is -2.22. The van der Waals surface area contributed by atoms with E-state index >= 15 is 0 Å². The Morgan fingerprint density at radius 3 is 2.80 bits per heavy atom. The minimum absolute atomic E-state index is 0.0783. The lowest BCUT2D eigenvalue weighted by atomic mass is 10.2. The molecule has 1 aliphatic rings. The standard InChI is InChI=1S/C23H21N3O2S2/c1-28-17-10-8-15(9-11-17)22-24-16(14-29-22)13-21(27)26-12-4-6-19(26)23-25-18-5-2-3-7-20(18)30-23/h2-3,5,7-11,14,19H,4,6,12-13H2,1H3/t19-/m0/s1. The SMILES string of the molecule is COc1ccc(-c2nc(CC(=O)N3CCC[C@H]3c3nc4ccccc4s3)cs2)cc1. The molecular weight excluding hydrogens is 414 g/mol. The monoisotopic (exact) mass is 435 g/mol. The van der Waals surface area contributed by atoms with Gasteiger partial charge in [0.15, 0.2) is 0 Å². The zero-order valence-corrected chi connectivity index (χ0v) is 18.2. The van der Waals surface area contributed by atoms with E-state index in [2.05, 4.69) is 6.07 Å². The molecule has 2 aromatic heterocycles. The largest absolute Gasteiger partial charge is 0.497 e. The molecule has 152 valence electrons. The molecule has 1 saturated heterocycles. The molecule has 1 aliphatic heterocycles. The maximum absolute atomic E-state index is 13.1. The first kappa shape index (κ1) is 19.2. The Morgan fingerprint density at radius 2 is 2.00 bits per heavy atom. The Kier molecular flexibility index (Phi) is 5.23. The summed E-state index contributed by atoms with van der Waals surface area (Å²) in [7, 11) is 1.65. The number of thiazole rings is 2. The molecule has 3 heterocycles. The van der Waals surface area contributed by atoms with E-state index in [1.54, 1.807) is 29.8 Å². The summed E-state index contributed by atoms with van der Waals surface area (Å²) >= 11 is 3.27. The third-order valence-corrected chi connectivity index (χ3v) is 7.47. The third kappa shape index (κ3) is 3.70. The number of hydrogen-bond acceptors (Lipinski definition) is 6. The fourth-order valence-electron chi connectivity index (χ4n) is 3.87. The molecule has 0 aliphatic carbocycles. The van der Waals surface area contributed by atoms with Crippen LogP contribution in [0.4, 0.5) is 0 Å². The van der Waals surface area contributed by atoms with Gasteiger partial charge < -0.3 is 9.64 Å². The highest BCUT2D eigenvalue weighted by molar-refractivity contribution is 7.18. The molecule has 1 fully saturated rings. The number of hydrogen-bond donors (Lipinski definition) is 0. The zero-order chi connectivity index (χ0) is 20.5. The molecule has 0 N–H and O–H groups in total. The van der Waals surface area contributed by atoms with Crippen LogP contribution in [0.3, 0.4) is 0 Å². The van der Waals surface area contributed by atoms with E-state index in [4.69, 9.17) is 14.7 Å². The molecule has 0 radical (unpaired) electrons. The van der Waals surface area contributed by atoms with Gasteiger partial charge in [-0.15, -0.1) is 22.7 Å². The number of fused-ring (bicyclic) bond motifs is 1. The first-order valence-corrected chi connectivity index (χ1v) is 11.6. The van der Waals surface area contributed by atoms with Crippen LogP contribution >= 0.6 is 22.7 Å². The highest BCUT2D eigenvalue weighted by Crippen LogP contribution is 2.37. The fourth-order valence-corrected chi connectivity index (χ4v) is 5.81. The molecular formula is C23H21N3O2S2. The Balaban J connectivity index is 1.31. The number of amides is 1. The maximum Gasteiger partial charge on any atom is 0.229 e. The summed E-state index contributed by atoms with van der Waals surface area (Å²) in [6, 6.07) is 16.1. The Labute approximate surface area is 183 Å². The van der Waals surface area contributed by atoms with Gasteiger partial charge in [-0.05, 0) is 49.2 Å². The van der Waals surface area contributed by atoms with Crippen LogP contribution in [0, 0.1) is 0 Å². The number of carbonyl (C=O) groups excluding carboxylic acids is 1. The predicted molar refractivity (Wildman–Crippen MR) is 121 cm³/mol. The fraction of sp³-hybridized carbons (Fsp3) is 0.261. The topological polar surface area (TPSA) is 55.3 Å². The second-order valence-electron chi connectivity index (χ2n) is 7.31. The van der Waals surface area contributed by atoms with Crippen molar-refractivity contribution in [2.24, 2.45) is 0 Å². The van der Waals surface area contributed by atoms with Gasteiger partial charge in [-0.2, -0.15) is 0 Å². The van der Waals surface area contributed by atoms with Gasteiger partial charge in [-0.1, -0.05) is 12.1 Å². The van der Waals surface area contributed by atoms with Crippen molar-refractivity contribution in [2.45, 2.75) is 25.3 Å². The van der Waals surface area contributed by atoms with Gasteiger partial charge >= 0.3 is 0 Å². The van der Waals surface area contributed by atoms with Crippen LogP contribution in [0.15, 0.2) is 53.9 Å². The minimum atomic E-state index is 0.0783. The summed E-state index contributed by atoms with van der Waals surface area (Å²) < 4.78 is 6.39. The van der Waals surface area contributed by atoms with Crippen molar-refractivity contribution in [3.63, 3.8) is 0 Å². The summed E-state index contributed by atoms with van der Waals surface area (Å²) in [5.41, 5.74) is 2.87. The number of aromatic nitrogens is 2. The first-order chi connectivity index (χ1) is 14.7. The van der Waals surface area contributed by atoms with Gasteiger partial charge in [0.25, 0.3) is 0 Å². The van der Waals surface area contributed by atoms with Crippen LogP contribution in [0.25, 0.3) is 20.8 Å². The smallest absolute Gasteiger partial charge is 0.229 e. The number of rotatable bonds is 5. The van der Waals surface area contributed by atoms with Crippen molar-refractivity contribution < 1.29 is 9.53 Å². The van der Waals surface area contributed by atoms with Crippen molar-refractivity contribution in [1.82, 2.24) is 14.9 Å². The predicted octanol–water partition coefficient (Wildman–Crippen LogP) is 5.33. The van der Waals surface area contributed by atoms with Crippen LogP contribution < -0.4 is 4.74 Å². The van der Waals surface area contributed by atoms with Crippen LogP contribution in [-0.4, -0.2) is 34.4 Å². The lowest BCUT2D eigenvalue weighted by Crippen LogP contribution is -2.31. The Bertz CT molecular complexity index is 1150. The van der Waals surface area contributed by atoms with Crippen LogP contribution in [0.5, 0.6) is 5.75 Å². The molecule has 0 saturated carbocycles. The van der Waals surface area contributed by atoms with Crippen LogP contribution in [0.2, 0.25) is 0 Å². The highest BCUT2D eigenvalue weighted by Gasteiger charge is 2.32. The van der Waals surface area contributed by atoms with E-state index < -0.39 is 0 Å². The molecule has 2 aromatic carbocycles. The van der Waals surface area contributed by atoms with Crippen LogP contribution in [-0.2, 0) is 11.2 Å².